The van der Waals surface area contributed by atoms with Crippen LogP contribution < -0.4 is 10.2 Å². The minimum Gasteiger partial charge on any atom is -0.349 e. The maximum Gasteiger partial charge on any atom is 0.405 e. The minimum atomic E-state index is -4.24. The molecule has 0 unspecified atom stereocenters. The molecule has 0 atom stereocenters. The van der Waals surface area contributed by atoms with Gasteiger partial charge in [0.1, 0.15) is 12.4 Å². The highest BCUT2D eigenvalue weighted by Crippen LogP contribution is 2.20. The number of nitrogens with one attached hydrogen (secondary N) is 1. The molecule has 0 aliphatic heterocycles. The third-order valence-corrected chi connectivity index (χ3v) is 2.63. The second-order valence-electron chi connectivity index (χ2n) is 4.50. The summed E-state index contributed by atoms with van der Waals surface area (Å²) >= 11 is 0. The van der Waals surface area contributed by atoms with E-state index < -0.39 is 12.7 Å². The number of hydrogen-bond donors (Lipinski definition) is 1. The van der Waals surface area contributed by atoms with E-state index in [0.29, 0.717) is 18.3 Å². The van der Waals surface area contributed by atoms with Crippen LogP contribution in [0.25, 0.3) is 0 Å². The molecule has 0 aromatic carbocycles. The number of aromatic nitrogens is 2. The van der Waals surface area contributed by atoms with Crippen molar-refractivity contribution in [2.24, 2.45) is 0 Å². The normalized spacial score (nSPS) is 15.8. The Labute approximate surface area is 103 Å². The average molecular weight is 260 g/mol. The van der Waals surface area contributed by atoms with Gasteiger partial charge in [-0.25, -0.2) is 4.98 Å². The maximum atomic E-state index is 12.3. The van der Waals surface area contributed by atoms with Gasteiger partial charge in [-0.1, -0.05) is 0 Å². The lowest BCUT2D eigenvalue weighted by atomic mass is 10.4. The van der Waals surface area contributed by atoms with Gasteiger partial charge in [0, 0.05) is 25.8 Å². The van der Waals surface area contributed by atoms with E-state index in [2.05, 4.69) is 15.3 Å². The lowest BCUT2D eigenvalue weighted by Crippen LogP contribution is -2.31. The van der Waals surface area contributed by atoms with Crippen LogP contribution in [-0.4, -0.2) is 35.8 Å². The Hall–Kier alpha value is -1.37. The second-order valence-corrected chi connectivity index (χ2v) is 4.50. The fourth-order valence-electron chi connectivity index (χ4n) is 1.55. The third-order valence-electron chi connectivity index (χ3n) is 2.63. The monoisotopic (exact) mass is 260 g/mol. The molecule has 2 rings (SSSR count). The highest BCUT2D eigenvalue weighted by Gasteiger charge is 2.30. The summed E-state index contributed by atoms with van der Waals surface area (Å²) in [5.74, 6) is 0.238. The SMILES string of the molecule is CN(CC(F)(F)F)c1cncc(CNC2CC2)n1. The molecule has 1 aliphatic carbocycles. The molecule has 1 saturated carbocycles. The molecule has 100 valence electrons. The van der Waals surface area contributed by atoms with Crippen LogP contribution in [-0.2, 0) is 6.54 Å². The molecule has 0 amide bonds. The molecule has 1 N–H and O–H groups in total. The molecule has 0 bridgehead atoms. The van der Waals surface area contributed by atoms with Crippen LogP contribution in [0.3, 0.4) is 0 Å². The second kappa shape index (κ2) is 5.09. The molecule has 1 heterocycles. The zero-order valence-electron chi connectivity index (χ0n) is 10.0. The Balaban J connectivity index is 1.96. The van der Waals surface area contributed by atoms with Crippen LogP contribution in [0.15, 0.2) is 12.4 Å². The van der Waals surface area contributed by atoms with Gasteiger partial charge >= 0.3 is 6.18 Å². The molecule has 1 fully saturated rings. The predicted molar refractivity (Wildman–Crippen MR) is 61.2 cm³/mol. The van der Waals surface area contributed by atoms with Crippen molar-refractivity contribution in [1.82, 2.24) is 15.3 Å². The van der Waals surface area contributed by atoms with Gasteiger partial charge in [0.25, 0.3) is 0 Å². The number of rotatable bonds is 5. The Morgan fingerprint density at radius 3 is 2.72 bits per heavy atom. The Kier molecular flexibility index (Phi) is 3.70. The van der Waals surface area contributed by atoms with Crippen LogP contribution in [0, 0.1) is 0 Å². The van der Waals surface area contributed by atoms with Crippen molar-refractivity contribution in [3.63, 3.8) is 0 Å². The summed E-state index contributed by atoms with van der Waals surface area (Å²) in [6.07, 6.45) is 0.980. The fourth-order valence-corrected chi connectivity index (χ4v) is 1.55. The minimum absolute atomic E-state index is 0.238. The van der Waals surface area contributed by atoms with Crippen LogP contribution in [0.1, 0.15) is 18.5 Å². The Bertz CT molecular complexity index is 404. The first-order valence-electron chi connectivity index (χ1n) is 5.76. The largest absolute Gasteiger partial charge is 0.405 e. The van der Waals surface area contributed by atoms with Crippen molar-refractivity contribution in [3.8, 4) is 0 Å². The summed E-state index contributed by atoms with van der Waals surface area (Å²) in [4.78, 5) is 9.13. The van der Waals surface area contributed by atoms with Gasteiger partial charge in [-0.3, -0.25) is 4.98 Å². The third kappa shape index (κ3) is 4.14. The van der Waals surface area contributed by atoms with E-state index in [9.17, 15) is 13.2 Å². The molecule has 4 nitrogen and oxygen atoms in total. The van der Waals surface area contributed by atoms with Crippen molar-refractivity contribution < 1.29 is 13.2 Å². The van der Waals surface area contributed by atoms with E-state index in [4.69, 9.17) is 0 Å². The van der Waals surface area contributed by atoms with Crippen molar-refractivity contribution in [2.75, 3.05) is 18.5 Å². The first kappa shape index (κ1) is 13.1. The maximum absolute atomic E-state index is 12.3. The summed E-state index contributed by atoms with van der Waals surface area (Å²) in [7, 11) is 1.36. The summed E-state index contributed by atoms with van der Waals surface area (Å²) < 4.78 is 36.8. The topological polar surface area (TPSA) is 41.1 Å². The lowest BCUT2D eigenvalue weighted by molar-refractivity contribution is -0.119. The highest BCUT2D eigenvalue weighted by atomic mass is 19.4. The van der Waals surface area contributed by atoms with E-state index in [1.165, 1.54) is 13.2 Å². The smallest absolute Gasteiger partial charge is 0.349 e. The number of alkyl halides is 3. The van der Waals surface area contributed by atoms with Crippen molar-refractivity contribution >= 4 is 5.82 Å². The zero-order valence-corrected chi connectivity index (χ0v) is 10.0. The molecular formula is C11H15F3N4. The van der Waals surface area contributed by atoms with Gasteiger partial charge in [-0.05, 0) is 12.8 Å². The molecule has 7 heteroatoms. The summed E-state index contributed by atoms with van der Waals surface area (Å²) in [6.45, 7) is -0.480. The van der Waals surface area contributed by atoms with Crippen LogP contribution in [0.4, 0.5) is 19.0 Å². The molecule has 0 saturated heterocycles. The summed E-state index contributed by atoms with van der Waals surface area (Å²) in [5.41, 5.74) is 0.661. The van der Waals surface area contributed by atoms with Crippen LogP contribution in [0.5, 0.6) is 0 Å². The van der Waals surface area contributed by atoms with E-state index in [0.717, 1.165) is 17.7 Å². The summed E-state index contributed by atoms with van der Waals surface area (Å²) in [6, 6.07) is 0.531. The van der Waals surface area contributed by atoms with E-state index in [1.807, 2.05) is 0 Å². The molecule has 1 aromatic heterocycles. The first-order chi connectivity index (χ1) is 8.44. The number of halogens is 3. The fraction of sp³-hybridized carbons (Fsp3) is 0.636. The highest BCUT2D eigenvalue weighted by molar-refractivity contribution is 5.35. The molecule has 1 aromatic rings. The number of anilines is 1. The molecule has 0 radical (unpaired) electrons. The van der Waals surface area contributed by atoms with Gasteiger partial charge in [0.05, 0.1) is 11.9 Å². The van der Waals surface area contributed by atoms with E-state index in [-0.39, 0.29) is 5.82 Å². The molecular weight excluding hydrogens is 245 g/mol. The van der Waals surface area contributed by atoms with Gasteiger partial charge in [0.15, 0.2) is 0 Å². The number of hydrogen-bond acceptors (Lipinski definition) is 4. The quantitative estimate of drug-likeness (QED) is 0.875. The number of nitrogens with zero attached hydrogens (tertiary/aromatic N) is 3. The molecule has 1 aliphatic rings. The van der Waals surface area contributed by atoms with Crippen LogP contribution in [0.2, 0.25) is 0 Å². The average Bonchev–Trinajstić information content (AvgIpc) is 3.08. The van der Waals surface area contributed by atoms with Crippen molar-refractivity contribution in [2.45, 2.75) is 31.6 Å². The predicted octanol–water partition coefficient (Wildman–Crippen LogP) is 1.73. The lowest BCUT2D eigenvalue weighted by Gasteiger charge is -2.19. The standard InChI is InChI=1S/C11H15F3N4/c1-18(7-11(12,13)14)10-6-15-4-9(17-10)5-16-8-2-3-8/h4,6,8,16H,2-3,5,7H2,1H3. The van der Waals surface area contributed by atoms with Crippen molar-refractivity contribution in [1.29, 1.82) is 0 Å². The Morgan fingerprint density at radius 2 is 2.11 bits per heavy atom. The van der Waals surface area contributed by atoms with Gasteiger partial charge in [-0.15, -0.1) is 0 Å². The van der Waals surface area contributed by atoms with E-state index in [1.54, 1.807) is 6.20 Å². The molecule has 18 heavy (non-hydrogen) atoms. The summed E-state index contributed by atoms with van der Waals surface area (Å²) in [5, 5.41) is 3.24. The first-order valence-corrected chi connectivity index (χ1v) is 5.76. The Morgan fingerprint density at radius 1 is 1.39 bits per heavy atom. The van der Waals surface area contributed by atoms with E-state index >= 15 is 0 Å². The van der Waals surface area contributed by atoms with Crippen molar-refractivity contribution in [3.05, 3.63) is 18.1 Å². The van der Waals surface area contributed by atoms with Gasteiger partial charge < -0.3 is 10.2 Å². The van der Waals surface area contributed by atoms with Gasteiger partial charge in [-0.2, -0.15) is 13.2 Å². The molecule has 0 spiro atoms. The zero-order chi connectivity index (χ0) is 13.2. The van der Waals surface area contributed by atoms with Crippen LogP contribution >= 0.6 is 0 Å². The van der Waals surface area contributed by atoms with Gasteiger partial charge in [0.2, 0.25) is 0 Å².